The van der Waals surface area contributed by atoms with E-state index in [1.165, 1.54) is 0 Å². The molecule has 2 aromatic carbocycles. The minimum atomic E-state index is -4.64. The summed E-state index contributed by atoms with van der Waals surface area (Å²) < 4.78 is 52.5. The Labute approximate surface area is 154 Å². The predicted octanol–water partition coefficient (Wildman–Crippen LogP) is 3.59. The second-order valence-corrected chi connectivity index (χ2v) is 5.77. The fourth-order valence-electron chi connectivity index (χ4n) is 2.52. The largest absolute Gasteiger partial charge is 0.416 e. The van der Waals surface area contributed by atoms with Gasteiger partial charge in [0.2, 0.25) is 0 Å². The second-order valence-electron chi connectivity index (χ2n) is 5.77. The van der Waals surface area contributed by atoms with E-state index in [2.05, 4.69) is 15.6 Å². The summed E-state index contributed by atoms with van der Waals surface area (Å²) in [5, 5.41) is 15.1. The van der Waals surface area contributed by atoms with Gasteiger partial charge in [-0.2, -0.15) is 13.2 Å². The van der Waals surface area contributed by atoms with Gasteiger partial charge in [-0.3, -0.25) is 0 Å². The summed E-state index contributed by atoms with van der Waals surface area (Å²) in [5.74, 6) is -0.616. The van der Waals surface area contributed by atoms with Crippen LogP contribution >= 0.6 is 0 Å². The molecule has 0 aliphatic carbocycles. The molecule has 0 radical (unpaired) electrons. The number of benzene rings is 2. The van der Waals surface area contributed by atoms with Crippen LogP contribution in [0.4, 0.5) is 17.6 Å². The van der Waals surface area contributed by atoms with Crippen molar-refractivity contribution >= 4 is 5.96 Å². The molecule has 3 N–H and O–H groups in total. The topological polar surface area (TPSA) is 56.7 Å². The van der Waals surface area contributed by atoms with Gasteiger partial charge in [0, 0.05) is 13.1 Å². The number of hydrogen-bond acceptors (Lipinski definition) is 2. The molecule has 0 aliphatic heterocycles. The van der Waals surface area contributed by atoms with E-state index < -0.39 is 17.6 Å². The van der Waals surface area contributed by atoms with Gasteiger partial charge in [-0.05, 0) is 35.7 Å². The number of aliphatic hydroxyl groups is 1. The Morgan fingerprint density at radius 1 is 1.04 bits per heavy atom. The molecule has 0 unspecified atom stereocenters. The molecule has 0 saturated heterocycles. The SMILES string of the molecule is CCNC(=NCc1ccccc1CO)NCc1ccc(F)cc1C(F)(F)F. The number of nitrogens with one attached hydrogen (secondary N) is 2. The highest BCUT2D eigenvalue weighted by Gasteiger charge is 2.33. The molecule has 146 valence electrons. The van der Waals surface area contributed by atoms with E-state index in [0.717, 1.165) is 23.3 Å². The monoisotopic (exact) mass is 383 g/mol. The zero-order chi connectivity index (χ0) is 19.9. The quantitative estimate of drug-likeness (QED) is 0.406. The molecule has 0 heterocycles. The predicted molar refractivity (Wildman–Crippen MR) is 95.4 cm³/mol. The minimum Gasteiger partial charge on any atom is -0.392 e. The Hall–Kier alpha value is -2.61. The summed E-state index contributed by atoms with van der Waals surface area (Å²) in [5.41, 5.74) is 0.451. The highest BCUT2D eigenvalue weighted by atomic mass is 19.4. The first-order chi connectivity index (χ1) is 12.8. The van der Waals surface area contributed by atoms with Crippen molar-refractivity contribution in [3.8, 4) is 0 Å². The molecule has 0 bridgehead atoms. The average Bonchev–Trinajstić information content (AvgIpc) is 2.64. The Balaban J connectivity index is 2.15. The van der Waals surface area contributed by atoms with Gasteiger partial charge in [0.25, 0.3) is 0 Å². The van der Waals surface area contributed by atoms with Gasteiger partial charge in [-0.1, -0.05) is 30.3 Å². The van der Waals surface area contributed by atoms with E-state index >= 15 is 0 Å². The molecule has 0 spiro atoms. The smallest absolute Gasteiger partial charge is 0.392 e. The Morgan fingerprint density at radius 2 is 1.74 bits per heavy atom. The van der Waals surface area contributed by atoms with Crippen LogP contribution in [0.3, 0.4) is 0 Å². The Morgan fingerprint density at radius 3 is 2.37 bits per heavy atom. The van der Waals surface area contributed by atoms with Crippen LogP contribution in [0.5, 0.6) is 0 Å². The first kappa shape index (κ1) is 20.7. The lowest BCUT2D eigenvalue weighted by Crippen LogP contribution is -2.37. The number of halogens is 4. The van der Waals surface area contributed by atoms with Crippen molar-refractivity contribution in [3.63, 3.8) is 0 Å². The lowest BCUT2D eigenvalue weighted by Gasteiger charge is -2.16. The van der Waals surface area contributed by atoms with Crippen LogP contribution in [0.25, 0.3) is 0 Å². The summed E-state index contributed by atoms with van der Waals surface area (Å²) in [6, 6.07) is 9.80. The Kier molecular flexibility index (Phi) is 7.18. The fourth-order valence-corrected chi connectivity index (χ4v) is 2.52. The summed E-state index contributed by atoms with van der Waals surface area (Å²) >= 11 is 0. The highest BCUT2D eigenvalue weighted by Crippen LogP contribution is 2.32. The third kappa shape index (κ3) is 5.96. The number of aliphatic imine (C=N–C) groups is 1. The van der Waals surface area contributed by atoms with Gasteiger partial charge < -0.3 is 15.7 Å². The van der Waals surface area contributed by atoms with Gasteiger partial charge in [0.05, 0.1) is 18.7 Å². The number of aliphatic hydroxyl groups excluding tert-OH is 1. The molecule has 0 aromatic heterocycles. The molecule has 0 atom stereocenters. The molecule has 2 aromatic rings. The van der Waals surface area contributed by atoms with Gasteiger partial charge in [-0.25, -0.2) is 9.38 Å². The lowest BCUT2D eigenvalue weighted by molar-refractivity contribution is -0.138. The standard InChI is InChI=1S/C19H21F4N3O/c1-2-24-18(25-10-13-5-3-4-6-15(13)12-27)26-11-14-7-8-16(20)9-17(14)19(21,22)23/h3-9,27H,2,10-12H2,1H3,(H2,24,25,26). The van der Waals surface area contributed by atoms with Crippen molar-refractivity contribution in [1.29, 1.82) is 0 Å². The van der Waals surface area contributed by atoms with Gasteiger partial charge in [0.1, 0.15) is 5.82 Å². The first-order valence-corrected chi connectivity index (χ1v) is 8.40. The number of alkyl halides is 3. The highest BCUT2D eigenvalue weighted by molar-refractivity contribution is 5.79. The second kappa shape index (κ2) is 9.36. The normalized spacial score (nSPS) is 12.1. The van der Waals surface area contributed by atoms with Gasteiger partial charge >= 0.3 is 6.18 Å². The van der Waals surface area contributed by atoms with Crippen molar-refractivity contribution in [3.05, 3.63) is 70.5 Å². The molecule has 4 nitrogen and oxygen atoms in total. The molecule has 0 aliphatic rings. The van der Waals surface area contributed by atoms with Crippen molar-refractivity contribution in [2.75, 3.05) is 6.54 Å². The van der Waals surface area contributed by atoms with Crippen LogP contribution in [0, 0.1) is 5.82 Å². The number of nitrogens with zero attached hydrogens (tertiary/aromatic N) is 1. The third-order valence-electron chi connectivity index (χ3n) is 3.86. The molecular weight excluding hydrogens is 362 g/mol. The van der Waals surface area contributed by atoms with Crippen molar-refractivity contribution < 1.29 is 22.7 Å². The van der Waals surface area contributed by atoms with Gasteiger partial charge in [0.15, 0.2) is 5.96 Å². The van der Waals surface area contributed by atoms with Crippen LogP contribution in [0.2, 0.25) is 0 Å². The fraction of sp³-hybridized carbons (Fsp3) is 0.316. The maximum atomic E-state index is 13.2. The first-order valence-electron chi connectivity index (χ1n) is 8.40. The number of guanidine groups is 1. The molecule has 0 saturated carbocycles. The van der Waals surface area contributed by atoms with E-state index in [-0.39, 0.29) is 25.3 Å². The Bertz CT molecular complexity index is 791. The van der Waals surface area contributed by atoms with E-state index in [1.807, 2.05) is 19.1 Å². The molecule has 0 fully saturated rings. The maximum Gasteiger partial charge on any atom is 0.416 e. The zero-order valence-corrected chi connectivity index (χ0v) is 14.8. The van der Waals surface area contributed by atoms with Crippen LogP contribution in [-0.2, 0) is 25.9 Å². The molecule has 0 amide bonds. The van der Waals surface area contributed by atoms with Crippen LogP contribution in [0.1, 0.15) is 29.2 Å². The minimum absolute atomic E-state index is 0.0785. The van der Waals surface area contributed by atoms with Crippen LogP contribution in [-0.4, -0.2) is 17.6 Å². The van der Waals surface area contributed by atoms with Crippen LogP contribution < -0.4 is 10.6 Å². The zero-order valence-electron chi connectivity index (χ0n) is 14.8. The van der Waals surface area contributed by atoms with Gasteiger partial charge in [-0.15, -0.1) is 0 Å². The van der Waals surface area contributed by atoms with Crippen LogP contribution in [0.15, 0.2) is 47.5 Å². The lowest BCUT2D eigenvalue weighted by atomic mass is 10.1. The van der Waals surface area contributed by atoms with E-state index in [0.29, 0.717) is 18.6 Å². The molecular formula is C19H21F4N3O. The van der Waals surface area contributed by atoms with E-state index in [4.69, 9.17) is 0 Å². The molecule has 2 rings (SSSR count). The van der Waals surface area contributed by atoms with Crippen molar-refractivity contribution in [1.82, 2.24) is 10.6 Å². The van der Waals surface area contributed by atoms with E-state index in [9.17, 15) is 22.7 Å². The molecule has 27 heavy (non-hydrogen) atoms. The summed E-state index contributed by atoms with van der Waals surface area (Å²) in [7, 11) is 0. The summed E-state index contributed by atoms with van der Waals surface area (Å²) in [6.07, 6.45) is -4.64. The number of hydrogen-bond donors (Lipinski definition) is 3. The molecule has 8 heteroatoms. The summed E-state index contributed by atoms with van der Waals surface area (Å²) in [6.45, 7) is 2.31. The number of rotatable bonds is 6. The summed E-state index contributed by atoms with van der Waals surface area (Å²) in [4.78, 5) is 4.34. The van der Waals surface area contributed by atoms with Crippen molar-refractivity contribution in [2.24, 2.45) is 4.99 Å². The van der Waals surface area contributed by atoms with E-state index in [1.54, 1.807) is 12.1 Å². The van der Waals surface area contributed by atoms with Crippen molar-refractivity contribution in [2.45, 2.75) is 32.8 Å². The third-order valence-corrected chi connectivity index (χ3v) is 3.86. The average molecular weight is 383 g/mol. The maximum absolute atomic E-state index is 13.2.